The maximum absolute atomic E-state index is 12.1. The molecule has 1 aromatic carbocycles. The van der Waals surface area contributed by atoms with Crippen LogP contribution in [-0.4, -0.2) is 23.5 Å². The van der Waals surface area contributed by atoms with Crippen LogP contribution in [0.2, 0.25) is 0 Å². The summed E-state index contributed by atoms with van der Waals surface area (Å²) in [7, 11) is 0. The lowest BCUT2D eigenvalue weighted by Gasteiger charge is -2.11. The van der Waals surface area contributed by atoms with Gasteiger partial charge in [0, 0.05) is 6.04 Å². The first-order chi connectivity index (χ1) is 10.0. The fraction of sp³-hybridized carbons (Fsp3) is 0.357. The Morgan fingerprint density at radius 1 is 1.52 bits per heavy atom. The zero-order valence-electron chi connectivity index (χ0n) is 11.6. The second-order valence-electron chi connectivity index (χ2n) is 4.75. The van der Waals surface area contributed by atoms with Gasteiger partial charge in [-0.1, -0.05) is 12.2 Å². The lowest BCUT2D eigenvalue weighted by Crippen LogP contribution is -2.24. The number of nitrogens with one attached hydrogen (secondary N) is 1. The maximum atomic E-state index is 12.1. The molecule has 2 unspecified atom stereocenters. The van der Waals surface area contributed by atoms with Gasteiger partial charge in [0.2, 0.25) is 5.91 Å². The van der Waals surface area contributed by atoms with Gasteiger partial charge < -0.3 is 15.8 Å². The molecule has 7 nitrogen and oxygen atoms in total. The van der Waals surface area contributed by atoms with Crippen LogP contribution in [-0.2, 0) is 4.79 Å². The second-order valence-corrected chi connectivity index (χ2v) is 4.75. The summed E-state index contributed by atoms with van der Waals surface area (Å²) in [5.74, 6) is -0.261. The smallest absolute Gasteiger partial charge is 0.296 e. The monoisotopic (exact) mass is 291 g/mol. The standard InChI is InChI=1S/C14H17N3O4/c1-2-21-11-5-6-12(13(8-11)17(19)20)16-14(18)9-3-4-10(15)7-9/h3-6,8-10H,2,7,15H2,1H3,(H,16,18). The molecule has 0 saturated heterocycles. The van der Waals surface area contributed by atoms with Gasteiger partial charge >= 0.3 is 0 Å². The molecule has 0 radical (unpaired) electrons. The van der Waals surface area contributed by atoms with Gasteiger partial charge in [-0.3, -0.25) is 14.9 Å². The molecular weight excluding hydrogens is 274 g/mol. The largest absolute Gasteiger partial charge is 0.494 e. The minimum Gasteiger partial charge on any atom is -0.494 e. The molecule has 2 atom stereocenters. The van der Waals surface area contributed by atoms with E-state index < -0.39 is 4.92 Å². The van der Waals surface area contributed by atoms with Gasteiger partial charge in [-0.15, -0.1) is 0 Å². The molecule has 1 aliphatic rings. The number of carbonyl (C=O) groups excluding carboxylic acids is 1. The molecule has 7 heteroatoms. The van der Waals surface area contributed by atoms with Gasteiger partial charge in [-0.25, -0.2) is 0 Å². The van der Waals surface area contributed by atoms with E-state index in [-0.39, 0.29) is 29.2 Å². The average molecular weight is 291 g/mol. The van der Waals surface area contributed by atoms with Crippen LogP contribution >= 0.6 is 0 Å². The van der Waals surface area contributed by atoms with Crippen molar-refractivity contribution in [3.8, 4) is 5.75 Å². The molecule has 0 heterocycles. The number of nitrogens with two attached hydrogens (primary N) is 1. The Hall–Kier alpha value is -2.41. The minimum absolute atomic E-state index is 0.143. The molecule has 0 fully saturated rings. The van der Waals surface area contributed by atoms with Gasteiger partial charge in [0.1, 0.15) is 11.4 Å². The summed E-state index contributed by atoms with van der Waals surface area (Å²) >= 11 is 0. The van der Waals surface area contributed by atoms with Gasteiger partial charge in [0.25, 0.3) is 5.69 Å². The van der Waals surface area contributed by atoms with Gasteiger partial charge in [-0.2, -0.15) is 0 Å². The number of nitrogens with zero attached hydrogens (tertiary/aromatic N) is 1. The molecule has 0 saturated carbocycles. The summed E-state index contributed by atoms with van der Waals surface area (Å²) in [6.45, 7) is 2.20. The van der Waals surface area contributed by atoms with Crippen LogP contribution in [0.3, 0.4) is 0 Å². The summed E-state index contributed by atoms with van der Waals surface area (Å²) in [6.07, 6.45) is 3.99. The predicted octanol–water partition coefficient (Wildman–Crippen LogP) is 1.84. The highest BCUT2D eigenvalue weighted by Gasteiger charge is 2.25. The normalized spacial score (nSPS) is 20.3. The third kappa shape index (κ3) is 3.57. The summed E-state index contributed by atoms with van der Waals surface area (Å²) in [4.78, 5) is 22.6. The predicted molar refractivity (Wildman–Crippen MR) is 78.1 cm³/mol. The van der Waals surface area contributed by atoms with E-state index in [1.165, 1.54) is 12.1 Å². The van der Waals surface area contributed by atoms with Crippen LogP contribution in [0.25, 0.3) is 0 Å². The van der Waals surface area contributed by atoms with Crippen molar-refractivity contribution in [3.05, 3.63) is 40.5 Å². The third-order valence-electron chi connectivity index (χ3n) is 3.19. The first-order valence-corrected chi connectivity index (χ1v) is 6.67. The second kappa shape index (κ2) is 6.36. The van der Waals surface area contributed by atoms with E-state index in [0.717, 1.165) is 0 Å². The molecule has 1 aliphatic carbocycles. The number of hydrogen-bond donors (Lipinski definition) is 2. The zero-order chi connectivity index (χ0) is 15.4. The van der Waals surface area contributed by atoms with E-state index in [9.17, 15) is 14.9 Å². The number of benzene rings is 1. The highest BCUT2D eigenvalue weighted by Crippen LogP contribution is 2.30. The van der Waals surface area contributed by atoms with Crippen LogP contribution < -0.4 is 15.8 Å². The Bertz CT molecular complexity index is 586. The number of nitro groups is 1. The highest BCUT2D eigenvalue weighted by molar-refractivity contribution is 5.96. The molecule has 0 aliphatic heterocycles. The molecule has 1 amide bonds. The molecule has 1 aromatic rings. The van der Waals surface area contributed by atoms with Crippen LogP contribution in [0.1, 0.15) is 13.3 Å². The zero-order valence-corrected chi connectivity index (χ0v) is 11.6. The lowest BCUT2D eigenvalue weighted by atomic mass is 10.1. The molecule has 0 spiro atoms. The first kappa shape index (κ1) is 15.0. The summed E-state index contributed by atoms with van der Waals surface area (Å²) in [6, 6.07) is 4.22. The van der Waals surface area contributed by atoms with Crippen molar-refractivity contribution in [2.75, 3.05) is 11.9 Å². The molecule has 2 rings (SSSR count). The Morgan fingerprint density at radius 3 is 2.86 bits per heavy atom. The van der Waals surface area contributed by atoms with Crippen LogP contribution in [0, 0.1) is 16.0 Å². The van der Waals surface area contributed by atoms with Crippen LogP contribution in [0.15, 0.2) is 30.4 Å². The number of carbonyl (C=O) groups is 1. The third-order valence-corrected chi connectivity index (χ3v) is 3.19. The number of anilines is 1. The fourth-order valence-corrected chi connectivity index (χ4v) is 2.17. The Kier molecular flexibility index (Phi) is 4.54. The van der Waals surface area contributed by atoms with Crippen molar-refractivity contribution in [3.63, 3.8) is 0 Å². The molecule has 21 heavy (non-hydrogen) atoms. The highest BCUT2D eigenvalue weighted by atomic mass is 16.6. The summed E-state index contributed by atoms with van der Waals surface area (Å²) in [5.41, 5.74) is 5.66. The van der Waals surface area contributed by atoms with Crippen molar-refractivity contribution in [1.29, 1.82) is 0 Å². The van der Waals surface area contributed by atoms with E-state index in [0.29, 0.717) is 18.8 Å². The topological polar surface area (TPSA) is 107 Å². The van der Waals surface area contributed by atoms with Gasteiger partial charge in [-0.05, 0) is 25.5 Å². The van der Waals surface area contributed by atoms with Gasteiger partial charge in [0.15, 0.2) is 0 Å². The van der Waals surface area contributed by atoms with Crippen molar-refractivity contribution in [2.45, 2.75) is 19.4 Å². The number of hydrogen-bond acceptors (Lipinski definition) is 5. The van der Waals surface area contributed by atoms with Crippen molar-refractivity contribution in [2.24, 2.45) is 11.7 Å². The lowest BCUT2D eigenvalue weighted by molar-refractivity contribution is -0.384. The number of rotatable bonds is 5. The average Bonchev–Trinajstić information content (AvgIpc) is 2.87. The van der Waals surface area contributed by atoms with Crippen LogP contribution in [0.5, 0.6) is 5.75 Å². The maximum Gasteiger partial charge on any atom is 0.296 e. The quantitative estimate of drug-likeness (QED) is 0.489. The number of ether oxygens (including phenoxy) is 1. The van der Waals surface area contributed by atoms with Crippen molar-refractivity contribution < 1.29 is 14.5 Å². The number of amides is 1. The molecule has 0 bridgehead atoms. The first-order valence-electron chi connectivity index (χ1n) is 6.67. The van der Waals surface area contributed by atoms with E-state index in [2.05, 4.69) is 5.32 Å². The molecular formula is C14H17N3O4. The minimum atomic E-state index is -0.547. The van der Waals surface area contributed by atoms with Crippen molar-refractivity contribution in [1.82, 2.24) is 0 Å². The van der Waals surface area contributed by atoms with E-state index in [1.807, 2.05) is 0 Å². The van der Waals surface area contributed by atoms with E-state index >= 15 is 0 Å². The Morgan fingerprint density at radius 2 is 2.29 bits per heavy atom. The SMILES string of the molecule is CCOc1ccc(NC(=O)C2C=CC(N)C2)c([N+](=O)[O-])c1. The van der Waals surface area contributed by atoms with E-state index in [4.69, 9.17) is 10.5 Å². The fourth-order valence-electron chi connectivity index (χ4n) is 2.17. The Labute approximate surface area is 121 Å². The van der Waals surface area contributed by atoms with Crippen molar-refractivity contribution >= 4 is 17.3 Å². The van der Waals surface area contributed by atoms with E-state index in [1.54, 1.807) is 25.1 Å². The summed E-state index contributed by atoms with van der Waals surface area (Å²) < 4.78 is 5.23. The molecule has 0 aromatic heterocycles. The number of nitro benzene ring substituents is 1. The Balaban J connectivity index is 2.17. The molecule has 3 N–H and O–H groups in total. The van der Waals surface area contributed by atoms with Crippen LogP contribution in [0.4, 0.5) is 11.4 Å². The molecule has 112 valence electrons. The summed E-state index contributed by atoms with van der Waals surface area (Å²) in [5, 5.41) is 13.7. The van der Waals surface area contributed by atoms with Gasteiger partial charge in [0.05, 0.1) is 23.5 Å².